The first kappa shape index (κ1) is 12.0. The van der Waals surface area contributed by atoms with Crippen LogP contribution in [0.4, 0.5) is 0 Å². The van der Waals surface area contributed by atoms with E-state index in [1.165, 1.54) is 25.7 Å². The fraction of sp³-hybridized carbons (Fsp3) is 0.750. The summed E-state index contributed by atoms with van der Waals surface area (Å²) in [5.74, 6) is 0.519. The van der Waals surface area contributed by atoms with E-state index in [1.807, 2.05) is 6.92 Å². The summed E-state index contributed by atoms with van der Waals surface area (Å²) in [5, 5.41) is 16.4. The molecule has 1 aromatic heterocycles. The van der Waals surface area contributed by atoms with Gasteiger partial charge >= 0.3 is 0 Å². The highest BCUT2D eigenvalue weighted by atomic mass is 32.1. The number of nitrogens with zero attached hydrogens (tertiary/aromatic N) is 1. The van der Waals surface area contributed by atoms with Crippen molar-refractivity contribution in [3.63, 3.8) is 0 Å². The van der Waals surface area contributed by atoms with Crippen molar-refractivity contribution >= 4 is 11.3 Å². The van der Waals surface area contributed by atoms with Crippen LogP contribution in [-0.2, 0) is 6.54 Å². The van der Waals surface area contributed by atoms with Gasteiger partial charge in [-0.05, 0) is 25.7 Å². The molecular formula is C12H20N2OS. The zero-order valence-corrected chi connectivity index (χ0v) is 10.6. The third-order valence-corrected chi connectivity index (χ3v) is 4.21. The number of thiazole rings is 1. The molecule has 0 amide bonds. The van der Waals surface area contributed by atoms with Crippen LogP contribution < -0.4 is 5.32 Å². The summed E-state index contributed by atoms with van der Waals surface area (Å²) in [7, 11) is 0. The lowest BCUT2D eigenvalue weighted by molar-refractivity contribution is 0.109. The SMILES string of the molecule is Cc1csc(CNCC(O)C2CCCC2)n1. The van der Waals surface area contributed by atoms with Gasteiger partial charge in [0.1, 0.15) is 5.01 Å². The van der Waals surface area contributed by atoms with Crippen molar-refractivity contribution in [3.8, 4) is 0 Å². The van der Waals surface area contributed by atoms with Crippen LogP contribution in [0.15, 0.2) is 5.38 Å². The molecule has 4 heteroatoms. The fourth-order valence-corrected chi connectivity index (χ4v) is 3.06. The van der Waals surface area contributed by atoms with E-state index in [9.17, 15) is 5.11 Å². The van der Waals surface area contributed by atoms with Crippen LogP contribution in [0.25, 0.3) is 0 Å². The predicted octanol–water partition coefficient (Wildman–Crippen LogP) is 2.09. The van der Waals surface area contributed by atoms with E-state index in [1.54, 1.807) is 11.3 Å². The molecule has 16 heavy (non-hydrogen) atoms. The van der Waals surface area contributed by atoms with Gasteiger partial charge in [0, 0.05) is 24.2 Å². The summed E-state index contributed by atoms with van der Waals surface area (Å²) in [6, 6.07) is 0. The number of rotatable bonds is 5. The molecule has 1 aromatic rings. The first-order valence-corrected chi connectivity index (χ1v) is 6.93. The molecule has 0 aromatic carbocycles. The molecule has 1 aliphatic carbocycles. The monoisotopic (exact) mass is 240 g/mol. The molecular weight excluding hydrogens is 220 g/mol. The molecule has 1 aliphatic rings. The second-order valence-corrected chi connectivity index (χ2v) is 5.57. The summed E-state index contributed by atoms with van der Waals surface area (Å²) in [6.45, 7) is 3.49. The number of aliphatic hydroxyl groups excluding tert-OH is 1. The predicted molar refractivity (Wildman–Crippen MR) is 66.5 cm³/mol. The van der Waals surface area contributed by atoms with Crippen LogP contribution in [-0.4, -0.2) is 22.7 Å². The van der Waals surface area contributed by atoms with E-state index < -0.39 is 0 Å². The van der Waals surface area contributed by atoms with E-state index in [4.69, 9.17) is 0 Å². The van der Waals surface area contributed by atoms with Crippen molar-refractivity contribution in [3.05, 3.63) is 16.1 Å². The molecule has 2 N–H and O–H groups in total. The van der Waals surface area contributed by atoms with Gasteiger partial charge in [0.2, 0.25) is 0 Å². The van der Waals surface area contributed by atoms with Crippen LogP contribution in [0.3, 0.4) is 0 Å². The Hall–Kier alpha value is -0.450. The van der Waals surface area contributed by atoms with Gasteiger partial charge in [0.25, 0.3) is 0 Å². The molecule has 2 rings (SSSR count). The molecule has 0 radical (unpaired) electrons. The Labute approximate surface area is 101 Å². The zero-order chi connectivity index (χ0) is 11.4. The maximum absolute atomic E-state index is 9.95. The minimum Gasteiger partial charge on any atom is -0.392 e. The number of aryl methyl sites for hydroxylation is 1. The molecule has 0 saturated heterocycles. The van der Waals surface area contributed by atoms with Crippen LogP contribution in [0.1, 0.15) is 36.4 Å². The van der Waals surface area contributed by atoms with Gasteiger partial charge in [-0.15, -0.1) is 11.3 Å². The van der Waals surface area contributed by atoms with E-state index in [2.05, 4.69) is 15.7 Å². The molecule has 1 atom stereocenters. The van der Waals surface area contributed by atoms with Crippen molar-refractivity contribution in [1.82, 2.24) is 10.3 Å². The van der Waals surface area contributed by atoms with Crippen LogP contribution >= 0.6 is 11.3 Å². The van der Waals surface area contributed by atoms with Gasteiger partial charge < -0.3 is 10.4 Å². The first-order chi connectivity index (χ1) is 7.75. The number of aromatic nitrogens is 1. The quantitative estimate of drug-likeness (QED) is 0.828. The van der Waals surface area contributed by atoms with E-state index >= 15 is 0 Å². The number of nitrogens with one attached hydrogen (secondary N) is 1. The molecule has 1 saturated carbocycles. The topological polar surface area (TPSA) is 45.1 Å². The van der Waals surface area contributed by atoms with Gasteiger partial charge in [0.05, 0.1) is 6.10 Å². The van der Waals surface area contributed by atoms with Crippen LogP contribution in [0.5, 0.6) is 0 Å². The van der Waals surface area contributed by atoms with Crippen molar-refractivity contribution in [2.75, 3.05) is 6.54 Å². The Morgan fingerprint density at radius 2 is 2.31 bits per heavy atom. The molecule has 0 aliphatic heterocycles. The average Bonchev–Trinajstić information content (AvgIpc) is 2.89. The summed E-state index contributed by atoms with van der Waals surface area (Å²) < 4.78 is 0. The van der Waals surface area contributed by atoms with Crippen molar-refractivity contribution in [2.45, 2.75) is 45.3 Å². The molecule has 0 spiro atoms. The maximum atomic E-state index is 9.95. The maximum Gasteiger partial charge on any atom is 0.107 e. The lowest BCUT2D eigenvalue weighted by Gasteiger charge is -2.17. The lowest BCUT2D eigenvalue weighted by atomic mass is 10.0. The van der Waals surface area contributed by atoms with E-state index in [0.29, 0.717) is 12.5 Å². The van der Waals surface area contributed by atoms with E-state index in [0.717, 1.165) is 17.2 Å². The smallest absolute Gasteiger partial charge is 0.107 e. The minimum absolute atomic E-state index is 0.177. The van der Waals surface area contributed by atoms with Gasteiger partial charge in [0.15, 0.2) is 0 Å². The van der Waals surface area contributed by atoms with Crippen molar-refractivity contribution in [2.24, 2.45) is 5.92 Å². The number of hydrogen-bond donors (Lipinski definition) is 2. The highest BCUT2D eigenvalue weighted by Gasteiger charge is 2.22. The average molecular weight is 240 g/mol. The van der Waals surface area contributed by atoms with Crippen molar-refractivity contribution in [1.29, 1.82) is 0 Å². The van der Waals surface area contributed by atoms with Gasteiger partial charge in [-0.25, -0.2) is 4.98 Å². The Morgan fingerprint density at radius 1 is 1.56 bits per heavy atom. The Morgan fingerprint density at radius 3 is 2.94 bits per heavy atom. The molecule has 0 bridgehead atoms. The summed E-state index contributed by atoms with van der Waals surface area (Å²) >= 11 is 1.68. The third kappa shape index (κ3) is 3.27. The Bertz CT molecular complexity index is 321. The van der Waals surface area contributed by atoms with Crippen LogP contribution in [0.2, 0.25) is 0 Å². The molecule has 3 nitrogen and oxygen atoms in total. The largest absolute Gasteiger partial charge is 0.392 e. The third-order valence-electron chi connectivity index (χ3n) is 3.24. The molecule has 1 fully saturated rings. The van der Waals surface area contributed by atoms with Gasteiger partial charge in [-0.2, -0.15) is 0 Å². The second-order valence-electron chi connectivity index (χ2n) is 4.63. The van der Waals surface area contributed by atoms with E-state index in [-0.39, 0.29) is 6.10 Å². The molecule has 90 valence electrons. The Balaban J connectivity index is 1.67. The summed E-state index contributed by atoms with van der Waals surface area (Å²) in [6.07, 6.45) is 4.78. The Kier molecular flexibility index (Phi) is 4.32. The normalized spacial score (nSPS) is 19.1. The van der Waals surface area contributed by atoms with Gasteiger partial charge in [-0.1, -0.05) is 12.8 Å². The van der Waals surface area contributed by atoms with Crippen LogP contribution in [0, 0.1) is 12.8 Å². The van der Waals surface area contributed by atoms with Gasteiger partial charge in [-0.3, -0.25) is 0 Å². The highest BCUT2D eigenvalue weighted by molar-refractivity contribution is 7.09. The van der Waals surface area contributed by atoms with Crippen molar-refractivity contribution < 1.29 is 5.11 Å². The molecule has 1 heterocycles. The second kappa shape index (κ2) is 5.75. The minimum atomic E-state index is -0.177. The lowest BCUT2D eigenvalue weighted by Crippen LogP contribution is -2.31. The zero-order valence-electron chi connectivity index (χ0n) is 9.78. The summed E-state index contributed by atoms with van der Waals surface area (Å²) in [5.41, 5.74) is 1.08. The highest BCUT2D eigenvalue weighted by Crippen LogP contribution is 2.27. The first-order valence-electron chi connectivity index (χ1n) is 6.05. The standard InChI is InChI=1S/C12H20N2OS/c1-9-8-16-12(14-9)7-13-6-11(15)10-4-2-3-5-10/h8,10-11,13,15H,2-7H2,1H3. The fourth-order valence-electron chi connectivity index (χ4n) is 2.32. The summed E-state index contributed by atoms with van der Waals surface area (Å²) in [4.78, 5) is 4.38. The number of hydrogen-bond acceptors (Lipinski definition) is 4. The molecule has 1 unspecified atom stereocenters. The number of aliphatic hydroxyl groups is 1.